The standard InChI is InChI=1S/2C8H11P.2C7H6OS.C6H12N2.Ru/c2*1-9(2)8-6-4-3-5-7-8;2*8-7(9)6-4-2-1-3-5-6;1-5(7)4-6(2,3)8;/h2*3-7H,1-2H3;2*1-5H,(H,8,9);8H,4H2,1-3H3;/q;;;;-2;+4. The molecule has 9 heteroatoms. The van der Waals surface area contributed by atoms with Crippen LogP contribution in [0.2, 0.25) is 0 Å². The van der Waals surface area contributed by atoms with Crippen molar-refractivity contribution in [3.8, 4) is 0 Å². The summed E-state index contributed by atoms with van der Waals surface area (Å²) in [4.78, 5) is 20.9. The molecule has 0 saturated carbocycles. The number of benzene rings is 4. The summed E-state index contributed by atoms with van der Waals surface area (Å²) in [7, 11) is -0.424. The fourth-order valence-corrected chi connectivity index (χ4v) is 5.32. The Morgan fingerprint density at radius 1 is 0.622 bits per heavy atom. The predicted molar refractivity (Wildman–Crippen MR) is 206 cm³/mol. The van der Waals surface area contributed by atoms with Crippen LogP contribution in [0, 0.1) is 0 Å². The molecule has 0 bridgehead atoms. The molecule has 0 atom stereocenters. The van der Waals surface area contributed by atoms with E-state index >= 15 is 0 Å². The first-order valence-electron chi connectivity index (χ1n) is 14.1. The molecule has 0 fully saturated rings. The molecule has 4 aromatic carbocycles. The molecule has 0 aliphatic carbocycles. The molecule has 0 radical (unpaired) electrons. The third kappa shape index (κ3) is 25.6. The molecule has 0 unspecified atom stereocenters. The third-order valence-electron chi connectivity index (χ3n) is 5.42. The van der Waals surface area contributed by atoms with Crippen LogP contribution in [0.4, 0.5) is 0 Å². The van der Waals surface area contributed by atoms with Crippen molar-refractivity contribution in [3.05, 3.63) is 144 Å². The summed E-state index contributed by atoms with van der Waals surface area (Å²) in [6, 6.07) is 39.0. The first-order chi connectivity index (χ1) is 20.6. The van der Waals surface area contributed by atoms with E-state index in [2.05, 4.69) is 113 Å². The number of carbonyl (C=O) groups excluding carboxylic acids is 2. The fraction of sp³-hybridized carbons (Fsp3) is 0.250. The van der Waals surface area contributed by atoms with Gasteiger partial charge in [0.1, 0.15) is 0 Å². The minimum Gasteiger partial charge on any atom is -0.812 e. The zero-order chi connectivity index (χ0) is 33.5. The topological polar surface area (TPSA) is 80.2 Å². The summed E-state index contributed by atoms with van der Waals surface area (Å²) in [6.45, 7) is 14.4. The number of hydrogen-bond acceptors (Lipinski definition) is 4. The smallest absolute Gasteiger partial charge is 0.812 e. The van der Waals surface area contributed by atoms with E-state index in [0.717, 1.165) is 0 Å². The van der Waals surface area contributed by atoms with E-state index in [1.54, 1.807) is 69.3 Å². The minimum atomic E-state index is -0.515. The molecule has 0 aromatic heterocycles. The van der Waals surface area contributed by atoms with Crippen LogP contribution in [0.15, 0.2) is 121 Å². The SMILES string of the molecule is CC(=[N-])CC(C)(C)[NH-].C[PH+](C)c1ccccc1.C[PH+](C)c1ccccc1.O=C([S-])c1ccccc1.O=C([S-])c1ccccc1.[Ru+4]. The molecule has 240 valence electrons. The summed E-state index contributed by atoms with van der Waals surface area (Å²) in [5.74, 6) is 0. The molecule has 0 saturated heterocycles. The van der Waals surface area contributed by atoms with Gasteiger partial charge in [-0.05, 0) is 35.4 Å². The predicted octanol–water partition coefficient (Wildman–Crippen LogP) is 8.55. The zero-order valence-corrected chi connectivity index (χ0v) is 32.6. The molecular weight excluding hydrogens is 720 g/mol. The monoisotopic (exact) mass is 766 g/mol. The molecule has 4 rings (SSSR count). The van der Waals surface area contributed by atoms with Gasteiger partial charge in [0, 0.05) is 26.1 Å². The normalized spacial score (nSPS) is 9.64. The Morgan fingerprint density at radius 2 is 0.867 bits per heavy atom. The van der Waals surface area contributed by atoms with Crippen LogP contribution in [-0.2, 0) is 44.7 Å². The average molecular weight is 766 g/mol. The Labute approximate surface area is 298 Å². The van der Waals surface area contributed by atoms with Gasteiger partial charge in [0.2, 0.25) is 0 Å². The van der Waals surface area contributed by atoms with Crippen LogP contribution in [-0.4, -0.2) is 48.1 Å². The van der Waals surface area contributed by atoms with Crippen molar-refractivity contribution >= 4 is 67.7 Å². The molecule has 1 N–H and O–H groups in total. The van der Waals surface area contributed by atoms with Crippen molar-refractivity contribution in [2.45, 2.75) is 32.7 Å². The van der Waals surface area contributed by atoms with Gasteiger partial charge < -0.3 is 46.0 Å². The molecule has 0 heterocycles. The van der Waals surface area contributed by atoms with Gasteiger partial charge in [-0.3, -0.25) is 0 Å². The van der Waals surface area contributed by atoms with Gasteiger partial charge in [-0.25, -0.2) is 5.71 Å². The molecular formula is C36H46N2O2P2RuS2+2. The van der Waals surface area contributed by atoms with E-state index in [-0.39, 0.29) is 45.6 Å². The Morgan fingerprint density at radius 3 is 0.978 bits per heavy atom. The second-order valence-corrected chi connectivity index (χ2v) is 16.7. The van der Waals surface area contributed by atoms with Crippen LogP contribution in [0.25, 0.3) is 11.1 Å². The fourth-order valence-electron chi connectivity index (χ4n) is 3.33. The van der Waals surface area contributed by atoms with E-state index in [4.69, 9.17) is 11.1 Å². The Hall–Kier alpha value is -2.23. The number of hydrogen-bond donors (Lipinski definition) is 0. The van der Waals surface area contributed by atoms with Crippen molar-refractivity contribution in [2.24, 2.45) is 0 Å². The number of rotatable bonds is 6. The van der Waals surface area contributed by atoms with E-state index in [0.29, 0.717) is 23.3 Å². The first kappa shape index (κ1) is 44.9. The van der Waals surface area contributed by atoms with E-state index in [1.807, 2.05) is 12.1 Å². The van der Waals surface area contributed by atoms with Gasteiger partial charge in [-0.15, -0.1) is 5.54 Å². The first-order valence-corrected chi connectivity index (χ1v) is 20.0. The summed E-state index contributed by atoms with van der Waals surface area (Å²) >= 11 is 8.81. The largest absolute Gasteiger partial charge is 4.00 e. The maximum absolute atomic E-state index is 10.5. The van der Waals surface area contributed by atoms with Crippen LogP contribution in [0.1, 0.15) is 47.9 Å². The number of nitrogens with zero attached hydrogens (tertiary/aromatic N) is 1. The van der Waals surface area contributed by atoms with Crippen molar-refractivity contribution in [3.63, 3.8) is 0 Å². The van der Waals surface area contributed by atoms with Crippen molar-refractivity contribution in [2.75, 3.05) is 26.7 Å². The summed E-state index contributed by atoms with van der Waals surface area (Å²) < 4.78 is 0. The zero-order valence-electron chi connectivity index (χ0n) is 27.2. The second-order valence-electron chi connectivity index (χ2n) is 10.8. The second kappa shape index (κ2) is 25.9. The minimum absolute atomic E-state index is 0. The third-order valence-corrected chi connectivity index (χ3v) is 8.87. The van der Waals surface area contributed by atoms with Gasteiger partial charge in [0.15, 0.2) is 0 Å². The molecule has 0 aliphatic rings. The van der Waals surface area contributed by atoms with Crippen LogP contribution < -0.4 is 10.6 Å². The molecule has 0 spiro atoms. The molecule has 0 aliphatic heterocycles. The van der Waals surface area contributed by atoms with Crippen molar-refractivity contribution in [1.29, 1.82) is 0 Å². The summed E-state index contributed by atoms with van der Waals surface area (Å²) in [5.41, 5.74) is 8.28. The summed E-state index contributed by atoms with van der Waals surface area (Å²) in [6.07, 6.45) is 0.465. The molecule has 4 aromatic rings. The Kier molecular flexibility index (Phi) is 25.8. The van der Waals surface area contributed by atoms with E-state index in [1.165, 1.54) is 10.6 Å². The van der Waals surface area contributed by atoms with Crippen LogP contribution >= 0.6 is 15.8 Å². The number of carbonyl (C=O) groups is 2. The number of nitrogens with one attached hydrogen (secondary N) is 1. The Bertz CT molecular complexity index is 1250. The van der Waals surface area contributed by atoms with E-state index < -0.39 is 5.54 Å². The van der Waals surface area contributed by atoms with Gasteiger partial charge in [0.25, 0.3) is 0 Å². The van der Waals surface area contributed by atoms with Gasteiger partial charge in [0.05, 0.1) is 37.3 Å². The maximum Gasteiger partial charge on any atom is 4.00 e. The van der Waals surface area contributed by atoms with Gasteiger partial charge in [-0.2, -0.15) is 0 Å². The maximum atomic E-state index is 10.5. The Balaban J connectivity index is 0. The molecule has 4 nitrogen and oxygen atoms in total. The van der Waals surface area contributed by atoms with Crippen molar-refractivity contribution in [1.82, 2.24) is 0 Å². The van der Waals surface area contributed by atoms with Crippen LogP contribution in [0.3, 0.4) is 0 Å². The van der Waals surface area contributed by atoms with Crippen LogP contribution in [0.5, 0.6) is 0 Å². The van der Waals surface area contributed by atoms with Gasteiger partial charge >= 0.3 is 19.5 Å². The molecule has 45 heavy (non-hydrogen) atoms. The van der Waals surface area contributed by atoms with E-state index in [9.17, 15) is 9.59 Å². The summed E-state index contributed by atoms with van der Waals surface area (Å²) in [5, 5.41) is 11.1. The van der Waals surface area contributed by atoms with Crippen molar-refractivity contribution < 1.29 is 29.1 Å². The average Bonchev–Trinajstić information content (AvgIpc) is 2.99. The molecule has 0 amide bonds. The van der Waals surface area contributed by atoms with Gasteiger partial charge in [-0.1, -0.05) is 124 Å². The quantitative estimate of drug-likeness (QED) is 0.0854.